The second-order valence-corrected chi connectivity index (χ2v) is 4.96. The summed E-state index contributed by atoms with van der Waals surface area (Å²) in [5.41, 5.74) is 0.549. The third kappa shape index (κ3) is 2.75. The number of nitrogens with zero attached hydrogens (tertiary/aromatic N) is 5. The van der Waals surface area contributed by atoms with Crippen molar-refractivity contribution in [2.24, 2.45) is 0 Å². The Hall–Kier alpha value is -2.08. The molecule has 0 aliphatic carbocycles. The molecule has 1 saturated heterocycles. The number of hydrogen-bond acceptors (Lipinski definition) is 5. The van der Waals surface area contributed by atoms with Gasteiger partial charge >= 0.3 is 0 Å². The normalized spacial score (nSPS) is 17.0. The molecule has 0 radical (unpaired) electrons. The smallest absolute Gasteiger partial charge is 0.272 e. The average molecular weight is 271 g/mol. The fraction of sp³-hybridized carbons (Fsp3) is 0.429. The molecule has 0 atom stereocenters. The molecule has 6 heteroatoms. The number of piperidine rings is 1. The van der Waals surface area contributed by atoms with Crippen molar-refractivity contribution in [1.82, 2.24) is 24.6 Å². The molecule has 0 amide bonds. The monoisotopic (exact) mass is 271 g/mol. The molecule has 2 aromatic heterocycles. The minimum Gasteiger partial charge on any atom is -0.300 e. The highest BCUT2D eigenvalue weighted by atomic mass is 16.2. The Kier molecular flexibility index (Phi) is 3.83. The summed E-state index contributed by atoms with van der Waals surface area (Å²) in [6.45, 7) is 3.06. The van der Waals surface area contributed by atoms with Crippen molar-refractivity contribution in [3.63, 3.8) is 0 Å². The van der Waals surface area contributed by atoms with Crippen LogP contribution < -0.4 is 0 Å². The van der Waals surface area contributed by atoms with Crippen molar-refractivity contribution in [2.75, 3.05) is 19.6 Å². The van der Waals surface area contributed by atoms with Crippen molar-refractivity contribution < 1.29 is 4.79 Å². The summed E-state index contributed by atoms with van der Waals surface area (Å²) < 4.78 is 1.31. The highest BCUT2D eigenvalue weighted by Crippen LogP contribution is 2.09. The summed E-state index contributed by atoms with van der Waals surface area (Å²) >= 11 is 0. The van der Waals surface area contributed by atoms with E-state index in [4.69, 9.17) is 0 Å². The lowest BCUT2D eigenvalue weighted by Gasteiger charge is -2.24. The first-order valence-electron chi connectivity index (χ1n) is 6.91. The maximum absolute atomic E-state index is 12.1. The van der Waals surface area contributed by atoms with Crippen molar-refractivity contribution in [1.29, 1.82) is 0 Å². The minimum atomic E-state index is -0.171. The van der Waals surface area contributed by atoms with E-state index in [0.29, 0.717) is 5.65 Å². The quantitative estimate of drug-likeness (QED) is 0.792. The Bertz CT molecular complexity index is 627. The van der Waals surface area contributed by atoms with Crippen LogP contribution in [0.1, 0.15) is 24.1 Å². The molecule has 1 aliphatic heterocycles. The van der Waals surface area contributed by atoms with Crippen LogP contribution in [0.4, 0.5) is 0 Å². The molecule has 0 aromatic carbocycles. The molecule has 20 heavy (non-hydrogen) atoms. The van der Waals surface area contributed by atoms with E-state index >= 15 is 0 Å². The second-order valence-electron chi connectivity index (χ2n) is 4.96. The lowest BCUT2D eigenvalue weighted by atomic mass is 10.1. The lowest BCUT2D eigenvalue weighted by molar-refractivity contribution is 0.0958. The summed E-state index contributed by atoms with van der Waals surface area (Å²) in [4.78, 5) is 22.4. The first kappa shape index (κ1) is 12.9. The van der Waals surface area contributed by atoms with Gasteiger partial charge < -0.3 is 0 Å². The molecule has 0 saturated carbocycles. The Balaban J connectivity index is 1.66. The Labute approximate surface area is 117 Å². The number of likely N-dealkylation sites (tertiary alicyclic amines) is 1. The number of rotatable bonds is 3. The van der Waals surface area contributed by atoms with Crippen LogP contribution in [0.25, 0.3) is 11.0 Å². The Morgan fingerprint density at radius 1 is 1.25 bits per heavy atom. The van der Waals surface area contributed by atoms with Crippen molar-refractivity contribution in [3.05, 3.63) is 30.9 Å². The number of aromatic nitrogens is 4. The van der Waals surface area contributed by atoms with Crippen LogP contribution in [0.2, 0.25) is 0 Å². The van der Waals surface area contributed by atoms with Crippen LogP contribution in [0.5, 0.6) is 0 Å². The largest absolute Gasteiger partial charge is 0.300 e. The van der Waals surface area contributed by atoms with E-state index in [1.807, 2.05) is 6.08 Å². The van der Waals surface area contributed by atoms with E-state index in [-0.39, 0.29) is 5.91 Å². The maximum atomic E-state index is 12.1. The van der Waals surface area contributed by atoms with E-state index < -0.39 is 0 Å². The van der Waals surface area contributed by atoms with Gasteiger partial charge in [0.05, 0.1) is 11.6 Å². The van der Waals surface area contributed by atoms with Gasteiger partial charge in [-0.3, -0.25) is 9.69 Å². The van der Waals surface area contributed by atoms with Gasteiger partial charge in [0.2, 0.25) is 0 Å². The molecule has 0 N–H and O–H groups in total. The van der Waals surface area contributed by atoms with Gasteiger partial charge in [0, 0.05) is 18.8 Å². The van der Waals surface area contributed by atoms with Crippen LogP contribution in [-0.4, -0.2) is 50.2 Å². The van der Waals surface area contributed by atoms with Crippen molar-refractivity contribution >= 4 is 16.9 Å². The van der Waals surface area contributed by atoms with E-state index in [0.717, 1.165) is 25.0 Å². The summed E-state index contributed by atoms with van der Waals surface area (Å²) in [6, 6.07) is 0. The molecule has 3 heterocycles. The van der Waals surface area contributed by atoms with E-state index in [1.165, 1.54) is 30.3 Å². The van der Waals surface area contributed by atoms with Crippen LogP contribution in [0.15, 0.2) is 30.9 Å². The van der Waals surface area contributed by atoms with Crippen LogP contribution in [0, 0.1) is 0 Å². The molecule has 104 valence electrons. The third-order valence-electron chi connectivity index (χ3n) is 3.51. The molecule has 0 unspecified atom stereocenters. The lowest BCUT2D eigenvalue weighted by Crippen LogP contribution is -2.29. The van der Waals surface area contributed by atoms with E-state index in [1.54, 1.807) is 18.5 Å². The van der Waals surface area contributed by atoms with Crippen LogP contribution in [0.3, 0.4) is 0 Å². The number of carbonyl (C=O) groups is 1. The fourth-order valence-corrected chi connectivity index (χ4v) is 2.45. The first-order chi connectivity index (χ1) is 9.84. The summed E-state index contributed by atoms with van der Waals surface area (Å²) in [7, 11) is 0. The number of fused-ring (bicyclic) bond motifs is 1. The van der Waals surface area contributed by atoms with Crippen LogP contribution in [-0.2, 0) is 0 Å². The molecular weight excluding hydrogens is 254 g/mol. The van der Waals surface area contributed by atoms with Gasteiger partial charge in [0.25, 0.3) is 5.91 Å². The Morgan fingerprint density at radius 2 is 2.10 bits per heavy atom. The zero-order valence-corrected chi connectivity index (χ0v) is 11.3. The first-order valence-corrected chi connectivity index (χ1v) is 6.91. The van der Waals surface area contributed by atoms with Crippen molar-refractivity contribution in [3.8, 4) is 0 Å². The van der Waals surface area contributed by atoms with Gasteiger partial charge in [-0.1, -0.05) is 12.5 Å². The van der Waals surface area contributed by atoms with Crippen LogP contribution >= 0.6 is 0 Å². The van der Waals surface area contributed by atoms with Gasteiger partial charge in [0.15, 0.2) is 5.65 Å². The minimum absolute atomic E-state index is 0.171. The summed E-state index contributed by atoms with van der Waals surface area (Å²) in [5, 5.41) is 4.83. The SMILES string of the molecule is O=C(C=CCN1CCCCC1)n1ncc2cncnc21. The standard InChI is InChI=1S/C14H17N5O/c20-13(5-4-8-18-6-2-1-3-7-18)19-14-12(10-17-19)9-15-11-16-14/h4-5,9-11H,1-3,6-8H2. The fourth-order valence-electron chi connectivity index (χ4n) is 2.45. The van der Waals surface area contributed by atoms with Gasteiger partial charge in [-0.05, 0) is 25.9 Å². The zero-order chi connectivity index (χ0) is 13.8. The number of allylic oxidation sites excluding steroid dienone is 1. The molecule has 1 fully saturated rings. The van der Waals surface area contributed by atoms with Gasteiger partial charge in [0.1, 0.15) is 6.33 Å². The molecule has 0 spiro atoms. The van der Waals surface area contributed by atoms with Gasteiger partial charge in [-0.25, -0.2) is 9.97 Å². The predicted molar refractivity (Wildman–Crippen MR) is 75.4 cm³/mol. The summed E-state index contributed by atoms with van der Waals surface area (Å²) in [5.74, 6) is -0.171. The molecule has 1 aliphatic rings. The predicted octanol–water partition coefficient (Wildman–Crippen LogP) is 1.51. The van der Waals surface area contributed by atoms with E-state index in [9.17, 15) is 4.79 Å². The topological polar surface area (TPSA) is 63.9 Å². The highest BCUT2D eigenvalue weighted by molar-refractivity contribution is 5.95. The number of hydrogen-bond donors (Lipinski definition) is 0. The molecular formula is C14H17N5O. The molecule has 0 bridgehead atoms. The second kappa shape index (κ2) is 5.92. The highest BCUT2D eigenvalue weighted by Gasteiger charge is 2.10. The van der Waals surface area contributed by atoms with Crippen molar-refractivity contribution in [2.45, 2.75) is 19.3 Å². The average Bonchev–Trinajstić information content (AvgIpc) is 2.92. The number of carbonyl (C=O) groups excluding carboxylic acids is 1. The van der Waals surface area contributed by atoms with Gasteiger partial charge in [-0.15, -0.1) is 0 Å². The Morgan fingerprint density at radius 3 is 2.95 bits per heavy atom. The molecule has 2 aromatic rings. The molecule has 6 nitrogen and oxygen atoms in total. The summed E-state index contributed by atoms with van der Waals surface area (Å²) in [6.07, 6.45) is 12.0. The molecule has 3 rings (SSSR count). The van der Waals surface area contributed by atoms with E-state index in [2.05, 4.69) is 20.0 Å². The third-order valence-corrected chi connectivity index (χ3v) is 3.51. The van der Waals surface area contributed by atoms with Gasteiger partial charge in [-0.2, -0.15) is 9.78 Å². The maximum Gasteiger partial charge on any atom is 0.272 e. The zero-order valence-electron chi connectivity index (χ0n) is 11.3.